The van der Waals surface area contributed by atoms with E-state index in [-0.39, 0.29) is 5.91 Å². The Balaban J connectivity index is 1.71. The van der Waals surface area contributed by atoms with E-state index in [0.717, 1.165) is 21.9 Å². The summed E-state index contributed by atoms with van der Waals surface area (Å²) in [6.07, 6.45) is 6.96. The average molecular weight is 283 g/mol. The maximum absolute atomic E-state index is 11.8. The maximum atomic E-state index is 11.8. The minimum atomic E-state index is -0.154. The zero-order chi connectivity index (χ0) is 13.9. The molecule has 1 N–H and O–H groups in total. The van der Waals surface area contributed by atoms with Crippen LogP contribution in [0.1, 0.15) is 11.3 Å². The second-order valence-electron chi connectivity index (χ2n) is 4.43. The number of benzene rings is 1. The predicted octanol–water partition coefficient (Wildman–Crippen LogP) is 3.36. The molecule has 0 atom stereocenters. The molecule has 100 valence electrons. The zero-order valence-corrected chi connectivity index (χ0v) is 11.7. The second-order valence-corrected chi connectivity index (χ2v) is 5.30. The molecule has 0 spiro atoms. The van der Waals surface area contributed by atoms with Crippen molar-refractivity contribution in [2.45, 2.75) is 6.92 Å². The van der Waals surface area contributed by atoms with Crippen LogP contribution < -0.4 is 5.32 Å². The van der Waals surface area contributed by atoms with Gasteiger partial charge in [0.15, 0.2) is 4.96 Å². The molecule has 2 aromatic heterocycles. The topological polar surface area (TPSA) is 46.4 Å². The van der Waals surface area contributed by atoms with Crippen LogP contribution >= 0.6 is 11.3 Å². The number of aromatic nitrogens is 2. The van der Waals surface area contributed by atoms with Gasteiger partial charge in [-0.2, -0.15) is 0 Å². The summed E-state index contributed by atoms with van der Waals surface area (Å²) in [7, 11) is 0. The van der Waals surface area contributed by atoms with Crippen LogP contribution in [0.15, 0.2) is 48.1 Å². The highest BCUT2D eigenvalue weighted by Gasteiger charge is 2.02. The van der Waals surface area contributed by atoms with Gasteiger partial charge in [-0.25, -0.2) is 4.98 Å². The van der Waals surface area contributed by atoms with Crippen LogP contribution in [0.5, 0.6) is 0 Å². The molecule has 4 nitrogen and oxygen atoms in total. The number of fused-ring (bicyclic) bond motifs is 1. The van der Waals surface area contributed by atoms with E-state index in [1.165, 1.54) is 6.08 Å². The van der Waals surface area contributed by atoms with Crippen LogP contribution in [0, 0.1) is 6.92 Å². The Bertz CT molecular complexity index is 768. The Morgan fingerprint density at radius 3 is 2.95 bits per heavy atom. The van der Waals surface area contributed by atoms with Gasteiger partial charge in [-0.05, 0) is 25.1 Å². The number of nitrogens with one attached hydrogen (secondary N) is 1. The third-order valence-corrected chi connectivity index (χ3v) is 3.67. The van der Waals surface area contributed by atoms with E-state index in [1.807, 2.05) is 47.2 Å². The zero-order valence-electron chi connectivity index (χ0n) is 10.9. The van der Waals surface area contributed by atoms with E-state index in [9.17, 15) is 4.79 Å². The lowest BCUT2D eigenvalue weighted by Crippen LogP contribution is -2.07. The molecular weight excluding hydrogens is 270 g/mol. The molecule has 1 aromatic carbocycles. The van der Waals surface area contributed by atoms with Crippen LogP contribution in [-0.4, -0.2) is 15.3 Å². The molecule has 0 fully saturated rings. The molecule has 5 heteroatoms. The SMILES string of the molecule is Cc1ccc(NC(=O)/C=C/c2cnc3sccn23)cc1. The van der Waals surface area contributed by atoms with Crippen molar-refractivity contribution in [3.63, 3.8) is 0 Å². The molecule has 20 heavy (non-hydrogen) atoms. The Hall–Kier alpha value is -2.40. The Labute approximate surface area is 120 Å². The minimum absolute atomic E-state index is 0.154. The van der Waals surface area contributed by atoms with Gasteiger partial charge in [0.25, 0.3) is 0 Å². The van der Waals surface area contributed by atoms with Crippen LogP contribution in [0.2, 0.25) is 0 Å². The Morgan fingerprint density at radius 2 is 2.15 bits per heavy atom. The lowest BCUT2D eigenvalue weighted by Gasteiger charge is -2.01. The van der Waals surface area contributed by atoms with Crippen molar-refractivity contribution in [2.24, 2.45) is 0 Å². The van der Waals surface area contributed by atoms with Gasteiger partial charge in [0.1, 0.15) is 0 Å². The number of aryl methyl sites for hydroxylation is 1. The molecule has 0 saturated carbocycles. The first-order valence-electron chi connectivity index (χ1n) is 6.19. The van der Waals surface area contributed by atoms with Crippen molar-refractivity contribution in [3.8, 4) is 0 Å². The summed E-state index contributed by atoms with van der Waals surface area (Å²) in [5.41, 5.74) is 2.84. The Kier molecular flexibility index (Phi) is 3.35. The molecule has 3 aromatic rings. The van der Waals surface area contributed by atoms with Crippen molar-refractivity contribution >= 4 is 34.0 Å². The first kappa shape index (κ1) is 12.6. The van der Waals surface area contributed by atoms with Gasteiger partial charge in [0.2, 0.25) is 5.91 Å². The fourth-order valence-electron chi connectivity index (χ4n) is 1.85. The van der Waals surface area contributed by atoms with Gasteiger partial charge in [-0.15, -0.1) is 11.3 Å². The number of thiazole rings is 1. The van der Waals surface area contributed by atoms with E-state index >= 15 is 0 Å². The predicted molar refractivity (Wildman–Crippen MR) is 81.9 cm³/mol. The summed E-state index contributed by atoms with van der Waals surface area (Å²) in [5.74, 6) is -0.154. The first-order chi connectivity index (χ1) is 9.72. The molecule has 0 bridgehead atoms. The summed E-state index contributed by atoms with van der Waals surface area (Å²) >= 11 is 1.56. The van der Waals surface area contributed by atoms with Gasteiger partial charge in [-0.1, -0.05) is 17.7 Å². The maximum Gasteiger partial charge on any atom is 0.248 e. The van der Waals surface area contributed by atoms with Gasteiger partial charge in [0, 0.05) is 23.3 Å². The third kappa shape index (κ3) is 2.62. The monoisotopic (exact) mass is 283 g/mol. The molecule has 0 radical (unpaired) electrons. The lowest BCUT2D eigenvalue weighted by atomic mass is 10.2. The van der Waals surface area contributed by atoms with Crippen molar-refractivity contribution < 1.29 is 4.79 Å². The number of anilines is 1. The summed E-state index contributed by atoms with van der Waals surface area (Å²) in [4.78, 5) is 17.0. The molecule has 0 unspecified atom stereocenters. The van der Waals surface area contributed by atoms with Crippen LogP contribution in [0.25, 0.3) is 11.0 Å². The minimum Gasteiger partial charge on any atom is -0.323 e. The van der Waals surface area contributed by atoms with E-state index in [4.69, 9.17) is 0 Å². The van der Waals surface area contributed by atoms with Crippen molar-refractivity contribution in [2.75, 3.05) is 5.32 Å². The molecular formula is C15H13N3OS. The highest BCUT2D eigenvalue weighted by molar-refractivity contribution is 7.15. The van der Waals surface area contributed by atoms with Gasteiger partial charge in [0.05, 0.1) is 11.9 Å². The molecule has 0 saturated heterocycles. The number of imidazole rings is 1. The fraction of sp³-hybridized carbons (Fsp3) is 0.0667. The van der Waals surface area contributed by atoms with Crippen molar-refractivity contribution in [1.82, 2.24) is 9.38 Å². The largest absolute Gasteiger partial charge is 0.323 e. The fourth-order valence-corrected chi connectivity index (χ4v) is 2.55. The van der Waals surface area contributed by atoms with E-state index in [2.05, 4.69) is 10.3 Å². The number of hydrogen-bond donors (Lipinski definition) is 1. The number of carbonyl (C=O) groups is 1. The van der Waals surface area contributed by atoms with Gasteiger partial charge in [-0.3, -0.25) is 9.20 Å². The first-order valence-corrected chi connectivity index (χ1v) is 7.06. The lowest BCUT2D eigenvalue weighted by molar-refractivity contribution is -0.111. The standard InChI is InChI=1S/C15H13N3OS/c1-11-2-4-12(5-3-11)17-14(19)7-6-13-10-16-15-18(13)8-9-20-15/h2-10H,1H3,(H,17,19)/b7-6+. The summed E-state index contributed by atoms with van der Waals surface area (Å²) in [6, 6.07) is 7.70. The third-order valence-electron chi connectivity index (χ3n) is 2.90. The highest BCUT2D eigenvalue weighted by Crippen LogP contribution is 2.14. The van der Waals surface area contributed by atoms with Crippen molar-refractivity contribution in [3.05, 3.63) is 59.4 Å². The molecule has 0 aliphatic rings. The smallest absolute Gasteiger partial charge is 0.248 e. The Morgan fingerprint density at radius 1 is 1.35 bits per heavy atom. The molecule has 0 aliphatic carbocycles. The van der Waals surface area contributed by atoms with Crippen molar-refractivity contribution in [1.29, 1.82) is 0 Å². The van der Waals surface area contributed by atoms with E-state index in [0.29, 0.717) is 0 Å². The van der Waals surface area contributed by atoms with Crippen LogP contribution in [0.4, 0.5) is 5.69 Å². The van der Waals surface area contributed by atoms with Gasteiger partial charge < -0.3 is 5.32 Å². The highest BCUT2D eigenvalue weighted by atomic mass is 32.1. The normalized spacial score (nSPS) is 11.2. The average Bonchev–Trinajstić information content (AvgIpc) is 3.02. The molecule has 2 heterocycles. The molecule has 1 amide bonds. The number of rotatable bonds is 3. The quantitative estimate of drug-likeness (QED) is 0.749. The second kappa shape index (κ2) is 5.30. The summed E-state index contributed by atoms with van der Waals surface area (Å²) in [6.45, 7) is 2.01. The number of hydrogen-bond acceptors (Lipinski definition) is 3. The number of nitrogens with zero attached hydrogens (tertiary/aromatic N) is 2. The number of amides is 1. The molecule has 3 rings (SSSR count). The summed E-state index contributed by atoms with van der Waals surface area (Å²) in [5, 5.41) is 4.78. The number of carbonyl (C=O) groups excluding carboxylic acids is 1. The van der Waals surface area contributed by atoms with Crippen LogP contribution in [-0.2, 0) is 4.79 Å². The summed E-state index contributed by atoms with van der Waals surface area (Å²) < 4.78 is 1.94. The van der Waals surface area contributed by atoms with E-state index < -0.39 is 0 Å². The van der Waals surface area contributed by atoms with Crippen LogP contribution in [0.3, 0.4) is 0 Å². The molecule has 0 aliphatic heterocycles. The van der Waals surface area contributed by atoms with Gasteiger partial charge >= 0.3 is 0 Å². The van der Waals surface area contributed by atoms with E-state index in [1.54, 1.807) is 23.6 Å².